The smallest absolute Gasteiger partial charge is 0.226 e. The van der Waals surface area contributed by atoms with E-state index in [0.717, 1.165) is 24.9 Å². The van der Waals surface area contributed by atoms with Crippen molar-refractivity contribution >= 4 is 5.91 Å². The summed E-state index contributed by atoms with van der Waals surface area (Å²) in [6.45, 7) is 1.02. The van der Waals surface area contributed by atoms with Crippen LogP contribution in [-0.4, -0.2) is 31.2 Å². The summed E-state index contributed by atoms with van der Waals surface area (Å²) in [7, 11) is 0. The van der Waals surface area contributed by atoms with Gasteiger partial charge in [0.1, 0.15) is 12.0 Å². The number of hydrogen-bond donors (Lipinski definition) is 2. The topological polar surface area (TPSA) is 41.1 Å². The van der Waals surface area contributed by atoms with Gasteiger partial charge in [0.05, 0.1) is 11.5 Å². The number of amides is 1. The third-order valence-corrected chi connectivity index (χ3v) is 4.49. The molecule has 1 aromatic carbocycles. The first-order valence-corrected chi connectivity index (χ1v) is 7.49. The van der Waals surface area contributed by atoms with Crippen LogP contribution in [0, 0.1) is 11.2 Å². The predicted octanol–water partition coefficient (Wildman–Crippen LogP) is 1.96. The number of benzene rings is 1. The minimum atomic E-state index is -1.03. The Balaban J connectivity index is 1.63. The van der Waals surface area contributed by atoms with Gasteiger partial charge in [-0.3, -0.25) is 4.79 Å². The van der Waals surface area contributed by atoms with Crippen LogP contribution >= 0.6 is 0 Å². The Labute approximate surface area is 123 Å². The van der Waals surface area contributed by atoms with Crippen LogP contribution in [0.1, 0.15) is 24.8 Å². The molecule has 21 heavy (non-hydrogen) atoms. The van der Waals surface area contributed by atoms with Crippen molar-refractivity contribution < 1.29 is 13.6 Å². The number of rotatable bonds is 4. The molecular formula is C16H20F2N2O. The molecule has 3 nitrogen and oxygen atoms in total. The van der Waals surface area contributed by atoms with Gasteiger partial charge in [-0.05, 0) is 49.9 Å². The Morgan fingerprint density at radius 3 is 2.90 bits per heavy atom. The molecule has 0 radical (unpaired) electrons. The van der Waals surface area contributed by atoms with Crippen LogP contribution in [0.3, 0.4) is 0 Å². The highest BCUT2D eigenvalue weighted by molar-refractivity contribution is 5.86. The molecule has 1 aliphatic carbocycles. The summed E-state index contributed by atoms with van der Waals surface area (Å²) in [5.74, 6) is -0.368. The van der Waals surface area contributed by atoms with E-state index in [0.29, 0.717) is 19.4 Å². The average Bonchev–Trinajstić information content (AvgIpc) is 3.22. The molecule has 1 saturated heterocycles. The van der Waals surface area contributed by atoms with Crippen LogP contribution in [-0.2, 0) is 11.2 Å². The Morgan fingerprint density at radius 1 is 1.43 bits per heavy atom. The second kappa shape index (κ2) is 5.72. The fraction of sp³-hybridized carbons (Fsp3) is 0.562. The van der Waals surface area contributed by atoms with Gasteiger partial charge < -0.3 is 10.6 Å². The molecule has 5 heteroatoms. The van der Waals surface area contributed by atoms with Crippen LogP contribution in [0.2, 0.25) is 0 Å². The van der Waals surface area contributed by atoms with Crippen molar-refractivity contribution in [2.45, 2.75) is 37.9 Å². The summed E-state index contributed by atoms with van der Waals surface area (Å²) in [5.41, 5.74) is 0.364. The van der Waals surface area contributed by atoms with Crippen LogP contribution < -0.4 is 10.6 Å². The van der Waals surface area contributed by atoms with Gasteiger partial charge in [0.25, 0.3) is 0 Å². The molecule has 2 fully saturated rings. The lowest BCUT2D eigenvalue weighted by Crippen LogP contribution is -2.52. The zero-order valence-electron chi connectivity index (χ0n) is 11.9. The van der Waals surface area contributed by atoms with E-state index in [4.69, 9.17) is 0 Å². The van der Waals surface area contributed by atoms with Gasteiger partial charge in [0.15, 0.2) is 0 Å². The van der Waals surface area contributed by atoms with Crippen LogP contribution in [0.4, 0.5) is 8.78 Å². The Bertz CT molecular complexity index is 531. The van der Waals surface area contributed by atoms with E-state index in [1.54, 1.807) is 6.07 Å². The van der Waals surface area contributed by atoms with Gasteiger partial charge in [-0.15, -0.1) is 0 Å². The Kier molecular flexibility index (Phi) is 3.93. The molecule has 2 N–H and O–H groups in total. The number of piperidine rings is 1. The highest BCUT2D eigenvalue weighted by Gasteiger charge is 2.50. The van der Waals surface area contributed by atoms with E-state index in [-0.39, 0.29) is 11.7 Å². The quantitative estimate of drug-likeness (QED) is 0.891. The lowest BCUT2D eigenvalue weighted by atomic mass is 9.94. The lowest BCUT2D eigenvalue weighted by Gasteiger charge is -2.29. The molecule has 1 aromatic rings. The normalized spacial score (nSPS) is 27.1. The van der Waals surface area contributed by atoms with Crippen LogP contribution in [0.15, 0.2) is 24.3 Å². The van der Waals surface area contributed by atoms with E-state index >= 15 is 0 Å². The summed E-state index contributed by atoms with van der Waals surface area (Å²) in [6.07, 6.45) is 1.68. The second-order valence-electron chi connectivity index (χ2n) is 6.18. The minimum Gasteiger partial charge on any atom is -0.350 e. The summed E-state index contributed by atoms with van der Waals surface area (Å²) >= 11 is 0. The maximum Gasteiger partial charge on any atom is 0.226 e. The van der Waals surface area contributed by atoms with Gasteiger partial charge in [-0.1, -0.05) is 12.1 Å². The maximum atomic E-state index is 13.8. The van der Waals surface area contributed by atoms with E-state index in [1.165, 1.54) is 12.1 Å². The fourth-order valence-electron chi connectivity index (χ4n) is 2.98. The molecule has 0 unspecified atom stereocenters. The van der Waals surface area contributed by atoms with Crippen molar-refractivity contribution in [1.82, 2.24) is 10.6 Å². The number of nitrogens with one attached hydrogen (secondary N) is 2. The second-order valence-corrected chi connectivity index (χ2v) is 6.18. The maximum absolute atomic E-state index is 13.8. The number of alkyl halides is 1. The molecule has 2 aliphatic rings. The average molecular weight is 294 g/mol. The number of carbonyl (C=O) groups excluding carboxylic acids is 1. The van der Waals surface area contributed by atoms with Crippen molar-refractivity contribution in [2.24, 2.45) is 5.41 Å². The molecule has 0 bridgehead atoms. The first-order valence-electron chi connectivity index (χ1n) is 7.49. The van der Waals surface area contributed by atoms with Crippen molar-refractivity contribution in [1.29, 1.82) is 0 Å². The van der Waals surface area contributed by atoms with E-state index in [1.807, 2.05) is 6.07 Å². The standard InChI is InChI=1S/C16H20F2N2O/c17-12-3-1-2-11(8-12)9-16(5-6-16)15(21)20-14-4-7-19-10-13(14)18/h1-3,8,13-14,19H,4-7,9-10H2,(H,20,21)/t13-,14-/m0/s1. The molecule has 114 valence electrons. The van der Waals surface area contributed by atoms with Gasteiger partial charge in [-0.2, -0.15) is 0 Å². The van der Waals surface area contributed by atoms with Crippen LogP contribution in [0.5, 0.6) is 0 Å². The van der Waals surface area contributed by atoms with E-state index < -0.39 is 17.6 Å². The van der Waals surface area contributed by atoms with Crippen molar-refractivity contribution in [3.8, 4) is 0 Å². The Morgan fingerprint density at radius 2 is 2.24 bits per heavy atom. The van der Waals surface area contributed by atoms with Gasteiger partial charge in [0.2, 0.25) is 5.91 Å². The Hall–Kier alpha value is -1.49. The molecule has 0 aromatic heterocycles. The first-order chi connectivity index (χ1) is 10.1. The van der Waals surface area contributed by atoms with Crippen molar-refractivity contribution in [3.05, 3.63) is 35.6 Å². The predicted molar refractivity (Wildman–Crippen MR) is 76.1 cm³/mol. The molecule has 0 spiro atoms. The zero-order chi connectivity index (χ0) is 14.9. The summed E-state index contributed by atoms with van der Waals surface area (Å²) in [4.78, 5) is 12.4. The monoisotopic (exact) mass is 294 g/mol. The third-order valence-electron chi connectivity index (χ3n) is 4.49. The SMILES string of the molecule is O=C(N[C@H]1CCNC[C@@H]1F)C1(Cc2cccc(F)c2)CC1. The molecule has 1 saturated carbocycles. The van der Waals surface area contributed by atoms with Gasteiger partial charge in [-0.25, -0.2) is 8.78 Å². The molecule has 1 heterocycles. The summed E-state index contributed by atoms with van der Waals surface area (Å²) < 4.78 is 27.0. The number of halogens is 2. The molecule has 3 rings (SSSR count). The minimum absolute atomic E-state index is 0.0821. The fourth-order valence-corrected chi connectivity index (χ4v) is 2.98. The number of carbonyl (C=O) groups is 1. The summed E-state index contributed by atoms with van der Waals surface area (Å²) in [6, 6.07) is 5.95. The lowest BCUT2D eigenvalue weighted by molar-refractivity contribution is -0.127. The molecule has 1 amide bonds. The number of hydrogen-bond acceptors (Lipinski definition) is 2. The zero-order valence-corrected chi connectivity index (χ0v) is 11.9. The molecular weight excluding hydrogens is 274 g/mol. The van der Waals surface area contributed by atoms with Gasteiger partial charge >= 0.3 is 0 Å². The highest BCUT2D eigenvalue weighted by atomic mass is 19.1. The molecule has 1 aliphatic heterocycles. The third kappa shape index (κ3) is 3.23. The van der Waals surface area contributed by atoms with E-state index in [2.05, 4.69) is 10.6 Å². The molecule has 2 atom stereocenters. The van der Waals surface area contributed by atoms with Gasteiger partial charge in [0, 0.05) is 6.54 Å². The van der Waals surface area contributed by atoms with Crippen LogP contribution in [0.25, 0.3) is 0 Å². The largest absolute Gasteiger partial charge is 0.350 e. The highest BCUT2D eigenvalue weighted by Crippen LogP contribution is 2.48. The first kappa shape index (κ1) is 14.4. The van der Waals surface area contributed by atoms with Crippen molar-refractivity contribution in [2.75, 3.05) is 13.1 Å². The summed E-state index contributed by atoms with van der Waals surface area (Å²) in [5, 5.41) is 5.83. The van der Waals surface area contributed by atoms with E-state index in [9.17, 15) is 13.6 Å². The van der Waals surface area contributed by atoms with Crippen molar-refractivity contribution in [3.63, 3.8) is 0 Å².